The molecule has 7 heteroatoms. The van der Waals surface area contributed by atoms with Gasteiger partial charge in [0.25, 0.3) is 0 Å². The van der Waals surface area contributed by atoms with Crippen molar-refractivity contribution in [3.05, 3.63) is 52.4 Å². The van der Waals surface area contributed by atoms with Gasteiger partial charge < -0.3 is 15.8 Å². The van der Waals surface area contributed by atoms with Gasteiger partial charge in [-0.05, 0) is 37.6 Å². The van der Waals surface area contributed by atoms with Gasteiger partial charge in [-0.1, -0.05) is 18.5 Å². The van der Waals surface area contributed by atoms with Gasteiger partial charge in [0.05, 0.1) is 39.8 Å². The third kappa shape index (κ3) is 3.60. The van der Waals surface area contributed by atoms with Crippen LogP contribution in [0.2, 0.25) is 5.02 Å². The fourth-order valence-corrected chi connectivity index (χ4v) is 3.04. The predicted molar refractivity (Wildman–Crippen MR) is 106 cm³/mol. The van der Waals surface area contributed by atoms with Crippen LogP contribution in [0.5, 0.6) is 5.75 Å². The van der Waals surface area contributed by atoms with Crippen LogP contribution in [0.15, 0.2) is 30.3 Å². The molecule has 0 bridgehead atoms. The van der Waals surface area contributed by atoms with Crippen molar-refractivity contribution in [1.82, 2.24) is 4.98 Å². The van der Waals surface area contributed by atoms with E-state index in [4.69, 9.17) is 22.1 Å². The number of nitrogen functional groups attached to an aromatic ring is 1. The molecule has 1 aromatic heterocycles. The summed E-state index contributed by atoms with van der Waals surface area (Å²) >= 11 is 5.88. The van der Waals surface area contributed by atoms with Crippen LogP contribution in [-0.4, -0.2) is 11.6 Å². The number of nitrogens with two attached hydrogens (primary N) is 1. The number of fused-ring (bicyclic) bond motifs is 1. The highest BCUT2D eigenvalue weighted by Gasteiger charge is 2.17. The van der Waals surface area contributed by atoms with Crippen molar-refractivity contribution < 1.29 is 9.13 Å². The van der Waals surface area contributed by atoms with E-state index < -0.39 is 5.82 Å². The van der Waals surface area contributed by atoms with Gasteiger partial charge in [0.1, 0.15) is 17.6 Å². The summed E-state index contributed by atoms with van der Waals surface area (Å²) in [7, 11) is 0. The molecule has 3 rings (SSSR count). The summed E-state index contributed by atoms with van der Waals surface area (Å²) < 4.78 is 19.0. The monoisotopic (exact) mass is 384 g/mol. The molecule has 0 atom stereocenters. The minimum absolute atomic E-state index is 0.00858. The molecular weight excluding hydrogens is 367 g/mol. The first-order valence-electron chi connectivity index (χ1n) is 8.49. The summed E-state index contributed by atoms with van der Waals surface area (Å²) in [6, 6.07) is 9.98. The van der Waals surface area contributed by atoms with Gasteiger partial charge in [0.15, 0.2) is 0 Å². The number of anilines is 3. The highest BCUT2D eigenvalue weighted by Crippen LogP contribution is 2.36. The molecule has 0 aliphatic carbocycles. The normalized spacial score (nSPS) is 10.6. The van der Waals surface area contributed by atoms with E-state index in [1.807, 2.05) is 13.8 Å². The highest BCUT2D eigenvalue weighted by atomic mass is 35.5. The maximum absolute atomic E-state index is 13.5. The third-order valence-electron chi connectivity index (χ3n) is 4.13. The summed E-state index contributed by atoms with van der Waals surface area (Å²) in [6.07, 6.45) is 0.575. The van der Waals surface area contributed by atoms with Gasteiger partial charge in [-0.3, -0.25) is 4.98 Å². The number of ether oxygens (including phenoxy) is 1. The minimum atomic E-state index is -0.512. The quantitative estimate of drug-likeness (QED) is 0.591. The van der Waals surface area contributed by atoms with Crippen molar-refractivity contribution in [3.63, 3.8) is 0 Å². The van der Waals surface area contributed by atoms with Gasteiger partial charge in [-0.2, -0.15) is 5.26 Å². The third-order valence-corrected chi connectivity index (χ3v) is 4.42. The lowest BCUT2D eigenvalue weighted by molar-refractivity contribution is 0.342. The molecule has 0 aliphatic heterocycles. The summed E-state index contributed by atoms with van der Waals surface area (Å²) in [6.45, 7) is 4.28. The molecule has 5 nitrogen and oxygen atoms in total. The second kappa shape index (κ2) is 7.68. The van der Waals surface area contributed by atoms with Gasteiger partial charge >= 0.3 is 0 Å². The maximum Gasteiger partial charge on any atom is 0.144 e. The Morgan fingerprint density at radius 1 is 1.30 bits per heavy atom. The topological polar surface area (TPSA) is 84.0 Å². The Labute approximate surface area is 161 Å². The number of nitrogens with one attached hydrogen (secondary N) is 1. The molecule has 0 amide bonds. The average Bonchev–Trinajstić information content (AvgIpc) is 2.65. The lowest BCUT2D eigenvalue weighted by atomic mass is 10.0. The van der Waals surface area contributed by atoms with Crippen LogP contribution < -0.4 is 15.8 Å². The lowest BCUT2D eigenvalue weighted by Gasteiger charge is -2.16. The summed E-state index contributed by atoms with van der Waals surface area (Å²) in [5.41, 5.74) is 9.37. The Balaban J connectivity index is 2.25. The molecule has 138 valence electrons. The number of benzene rings is 2. The van der Waals surface area contributed by atoms with Gasteiger partial charge in [-0.15, -0.1) is 0 Å². The summed E-state index contributed by atoms with van der Waals surface area (Å²) in [5.74, 6) is 0.0298. The van der Waals surface area contributed by atoms with Crippen LogP contribution in [0, 0.1) is 17.1 Å². The first kappa shape index (κ1) is 18.7. The Morgan fingerprint density at radius 3 is 2.70 bits per heavy atom. The molecule has 0 spiro atoms. The van der Waals surface area contributed by atoms with Gasteiger partial charge in [0.2, 0.25) is 0 Å². The van der Waals surface area contributed by atoms with Crippen molar-refractivity contribution in [2.45, 2.75) is 20.3 Å². The summed E-state index contributed by atoms with van der Waals surface area (Å²) in [5, 5.41) is 13.5. The predicted octanol–water partition coefficient (Wildman–Crippen LogP) is 5.19. The molecule has 3 N–H and O–H groups in total. The van der Waals surface area contributed by atoms with E-state index in [2.05, 4.69) is 16.4 Å². The molecular formula is C20H18ClFN4O. The van der Waals surface area contributed by atoms with E-state index in [0.29, 0.717) is 58.0 Å². The smallest absolute Gasteiger partial charge is 0.144 e. The maximum atomic E-state index is 13.5. The van der Waals surface area contributed by atoms with E-state index in [1.165, 1.54) is 12.1 Å². The Kier molecular flexibility index (Phi) is 5.33. The van der Waals surface area contributed by atoms with Crippen LogP contribution >= 0.6 is 11.6 Å². The Hall–Kier alpha value is -3.04. The molecule has 27 heavy (non-hydrogen) atoms. The van der Waals surface area contributed by atoms with Crippen LogP contribution in [0.1, 0.15) is 25.1 Å². The number of aromatic nitrogens is 1. The number of hydrogen-bond acceptors (Lipinski definition) is 5. The van der Waals surface area contributed by atoms with Crippen molar-refractivity contribution in [3.8, 4) is 11.8 Å². The molecule has 3 aromatic rings. The molecule has 0 radical (unpaired) electrons. The number of rotatable bonds is 5. The van der Waals surface area contributed by atoms with Gasteiger partial charge in [0, 0.05) is 17.1 Å². The van der Waals surface area contributed by atoms with Crippen molar-refractivity contribution in [2.75, 3.05) is 17.7 Å². The number of pyridine rings is 1. The number of nitrogens with zero attached hydrogens (tertiary/aromatic N) is 2. The van der Waals surface area contributed by atoms with Gasteiger partial charge in [-0.25, -0.2) is 4.39 Å². The number of halogens is 2. The zero-order chi connectivity index (χ0) is 19.6. The van der Waals surface area contributed by atoms with Crippen molar-refractivity contribution in [2.24, 2.45) is 0 Å². The van der Waals surface area contributed by atoms with Crippen molar-refractivity contribution in [1.29, 1.82) is 5.26 Å². The average molecular weight is 385 g/mol. The second-order valence-electron chi connectivity index (χ2n) is 5.87. The van der Waals surface area contributed by atoms with Crippen LogP contribution in [0.4, 0.5) is 21.5 Å². The minimum Gasteiger partial charge on any atom is -0.492 e. The van der Waals surface area contributed by atoms with Crippen LogP contribution in [0.3, 0.4) is 0 Å². The fraction of sp³-hybridized carbons (Fsp3) is 0.200. The van der Waals surface area contributed by atoms with E-state index in [-0.39, 0.29) is 5.02 Å². The van der Waals surface area contributed by atoms with E-state index in [0.717, 1.165) is 0 Å². The zero-order valence-corrected chi connectivity index (χ0v) is 15.7. The van der Waals surface area contributed by atoms with E-state index >= 15 is 0 Å². The fourth-order valence-electron chi connectivity index (χ4n) is 2.86. The lowest BCUT2D eigenvalue weighted by Crippen LogP contribution is -2.04. The Bertz CT molecular complexity index is 1060. The molecule has 2 aromatic carbocycles. The Morgan fingerprint density at radius 2 is 2.07 bits per heavy atom. The second-order valence-corrected chi connectivity index (χ2v) is 6.28. The molecule has 1 heterocycles. The molecule has 0 unspecified atom stereocenters. The number of hydrogen-bond donors (Lipinski definition) is 2. The van der Waals surface area contributed by atoms with Crippen molar-refractivity contribution >= 4 is 39.6 Å². The zero-order valence-electron chi connectivity index (χ0n) is 14.9. The first-order chi connectivity index (χ1) is 13.0. The van der Waals surface area contributed by atoms with Crippen LogP contribution in [-0.2, 0) is 6.42 Å². The molecule has 0 fully saturated rings. The number of aryl methyl sites for hydroxylation is 1. The SMILES string of the molecule is CCOc1cc2nc(CC)c(C#N)c(Nc3ccc(F)c(Cl)c3)c2cc1N. The van der Waals surface area contributed by atoms with E-state index in [9.17, 15) is 9.65 Å². The van der Waals surface area contributed by atoms with E-state index in [1.54, 1.807) is 18.2 Å². The molecule has 0 aliphatic rings. The largest absolute Gasteiger partial charge is 0.492 e. The molecule has 0 saturated heterocycles. The number of nitriles is 1. The first-order valence-corrected chi connectivity index (χ1v) is 8.87. The molecule has 0 saturated carbocycles. The highest BCUT2D eigenvalue weighted by molar-refractivity contribution is 6.31. The standard InChI is InChI=1S/C20H18ClFN4O/c1-3-17-13(10-23)20(25-11-5-6-15(22)14(21)7-11)12-8-16(24)19(27-4-2)9-18(12)26-17/h5-9H,3-4,24H2,1-2H3,(H,25,26). The van der Waals surface area contributed by atoms with Crippen LogP contribution in [0.25, 0.3) is 10.9 Å². The summed E-state index contributed by atoms with van der Waals surface area (Å²) in [4.78, 5) is 4.60.